The lowest BCUT2D eigenvalue weighted by Crippen LogP contribution is -2.33. The number of alkyl halides is 3. The first kappa shape index (κ1) is 25.2. The van der Waals surface area contributed by atoms with Gasteiger partial charge in [0.15, 0.2) is 6.10 Å². The Bertz CT molecular complexity index is 1100. The summed E-state index contributed by atoms with van der Waals surface area (Å²) in [6, 6.07) is 4.17. The number of hydrogen-bond acceptors (Lipinski definition) is 6. The topological polar surface area (TPSA) is 127 Å². The van der Waals surface area contributed by atoms with Crippen molar-refractivity contribution in [2.24, 2.45) is 5.73 Å². The van der Waals surface area contributed by atoms with Crippen LogP contribution in [-0.4, -0.2) is 28.3 Å². The molecule has 0 bridgehead atoms. The van der Waals surface area contributed by atoms with Gasteiger partial charge in [-0.1, -0.05) is 23.2 Å². The number of ether oxygens (including phenoxy) is 1. The fraction of sp³-hybridized carbons (Fsp3) is 0.211. The summed E-state index contributed by atoms with van der Waals surface area (Å²) in [5.74, 6) is -2.81. The SMILES string of the molecule is C/C(N)=C(\NC(=O)c1cc(F)c(-c2nc(N)ccc2Cl)cc1O[C@@H](C)C(F)(F)F)C(=N)Cl. The van der Waals surface area contributed by atoms with E-state index in [4.69, 9.17) is 44.8 Å². The number of benzene rings is 1. The third-order valence-electron chi connectivity index (χ3n) is 4.05. The van der Waals surface area contributed by atoms with Crippen molar-refractivity contribution in [3.63, 3.8) is 0 Å². The first-order valence-electron chi connectivity index (χ1n) is 8.73. The number of nitrogens with one attached hydrogen (secondary N) is 2. The lowest BCUT2D eigenvalue weighted by molar-refractivity contribution is -0.189. The van der Waals surface area contributed by atoms with E-state index in [1.807, 2.05) is 0 Å². The molecule has 6 N–H and O–H groups in total. The molecule has 7 nitrogen and oxygen atoms in total. The van der Waals surface area contributed by atoms with Crippen LogP contribution < -0.4 is 21.5 Å². The number of amides is 1. The second-order valence-electron chi connectivity index (χ2n) is 6.52. The summed E-state index contributed by atoms with van der Waals surface area (Å²) >= 11 is 11.6. The number of nitrogen functional groups attached to an aromatic ring is 1. The van der Waals surface area contributed by atoms with Gasteiger partial charge in [0, 0.05) is 11.3 Å². The van der Waals surface area contributed by atoms with Crippen LogP contribution in [0.1, 0.15) is 24.2 Å². The molecule has 0 spiro atoms. The third kappa shape index (κ3) is 5.80. The second kappa shape index (κ2) is 9.61. The van der Waals surface area contributed by atoms with Gasteiger partial charge >= 0.3 is 6.18 Å². The van der Waals surface area contributed by atoms with Crippen LogP contribution in [0.4, 0.5) is 23.4 Å². The fourth-order valence-corrected chi connectivity index (χ4v) is 2.82. The molecule has 0 saturated heterocycles. The maximum absolute atomic E-state index is 14.9. The quantitative estimate of drug-likeness (QED) is 0.345. The van der Waals surface area contributed by atoms with Gasteiger partial charge in [0.25, 0.3) is 5.91 Å². The van der Waals surface area contributed by atoms with Gasteiger partial charge in [0.1, 0.15) is 22.6 Å². The van der Waals surface area contributed by atoms with Gasteiger partial charge in [-0.25, -0.2) is 9.37 Å². The average Bonchev–Trinajstić information content (AvgIpc) is 2.67. The molecule has 2 rings (SSSR count). The Morgan fingerprint density at radius 2 is 1.94 bits per heavy atom. The maximum Gasteiger partial charge on any atom is 0.425 e. The van der Waals surface area contributed by atoms with Crippen molar-refractivity contribution in [2.45, 2.75) is 26.1 Å². The van der Waals surface area contributed by atoms with Crippen LogP contribution in [0.15, 0.2) is 35.7 Å². The van der Waals surface area contributed by atoms with Crippen molar-refractivity contribution in [3.05, 3.63) is 52.1 Å². The fourth-order valence-electron chi connectivity index (χ4n) is 2.42. The first-order chi connectivity index (χ1) is 14.7. The van der Waals surface area contributed by atoms with Crippen molar-refractivity contribution in [2.75, 3.05) is 5.73 Å². The van der Waals surface area contributed by atoms with E-state index in [2.05, 4.69) is 10.3 Å². The van der Waals surface area contributed by atoms with Crippen LogP contribution in [0.3, 0.4) is 0 Å². The number of anilines is 1. The van der Waals surface area contributed by atoms with Gasteiger partial charge in [-0.3, -0.25) is 10.2 Å². The van der Waals surface area contributed by atoms with Crippen LogP contribution >= 0.6 is 23.2 Å². The van der Waals surface area contributed by atoms with E-state index in [0.29, 0.717) is 13.0 Å². The number of carbonyl (C=O) groups excluding carboxylic acids is 1. The molecule has 13 heteroatoms. The molecule has 1 heterocycles. The summed E-state index contributed by atoms with van der Waals surface area (Å²) in [6.45, 7) is 2.03. The van der Waals surface area contributed by atoms with E-state index in [9.17, 15) is 22.4 Å². The van der Waals surface area contributed by atoms with Crippen molar-refractivity contribution in [3.8, 4) is 17.0 Å². The van der Waals surface area contributed by atoms with Crippen molar-refractivity contribution in [1.82, 2.24) is 10.3 Å². The molecular formula is C19H17Cl2F4N5O2. The first-order valence-corrected chi connectivity index (χ1v) is 9.49. The predicted molar refractivity (Wildman–Crippen MR) is 113 cm³/mol. The van der Waals surface area contributed by atoms with Crippen LogP contribution in [0.5, 0.6) is 5.75 Å². The number of rotatable bonds is 6. The zero-order valence-electron chi connectivity index (χ0n) is 16.6. The smallest absolute Gasteiger partial charge is 0.425 e. The summed E-state index contributed by atoms with van der Waals surface area (Å²) in [7, 11) is 0. The minimum absolute atomic E-state index is 0.0226. The minimum Gasteiger partial charge on any atom is -0.480 e. The number of pyridine rings is 1. The van der Waals surface area contributed by atoms with Crippen molar-refractivity contribution in [1.29, 1.82) is 5.41 Å². The number of allylic oxidation sites excluding steroid dienone is 2. The zero-order chi connectivity index (χ0) is 24.4. The molecule has 1 aromatic heterocycles. The number of nitrogens with zero attached hydrogens (tertiary/aromatic N) is 1. The Labute approximate surface area is 189 Å². The number of hydrogen-bond donors (Lipinski definition) is 4. The molecule has 32 heavy (non-hydrogen) atoms. The number of nitrogens with two attached hydrogens (primary N) is 2. The molecule has 0 aliphatic rings. The summed E-state index contributed by atoms with van der Waals surface area (Å²) < 4.78 is 59.1. The molecule has 2 aromatic rings. The molecule has 0 aliphatic carbocycles. The molecule has 172 valence electrons. The molecule has 0 fully saturated rings. The van der Waals surface area contributed by atoms with E-state index >= 15 is 0 Å². The molecule has 1 aromatic carbocycles. The maximum atomic E-state index is 14.9. The standard InChI is InChI=1S/C19H17Cl2F4N5O2/c1-7(26)15(17(21)28)30-18(31)10-5-12(22)9(16-11(20)3-4-14(27)29-16)6-13(10)32-8(2)19(23,24)25/h3-6,8,28H,26H2,1-2H3,(H2,27,29)(H,30,31)/b15-7+,28-17?/t8-/m0/s1. The lowest BCUT2D eigenvalue weighted by atomic mass is 10.0. The molecular weight excluding hydrogens is 477 g/mol. The average molecular weight is 494 g/mol. The Hall–Kier alpha value is -3.05. The van der Waals surface area contributed by atoms with Gasteiger partial charge in [0.2, 0.25) is 0 Å². The van der Waals surface area contributed by atoms with Gasteiger partial charge in [0.05, 0.1) is 22.0 Å². The van der Waals surface area contributed by atoms with Gasteiger partial charge in [-0.2, -0.15) is 13.2 Å². The van der Waals surface area contributed by atoms with E-state index in [1.54, 1.807) is 0 Å². The predicted octanol–water partition coefficient (Wildman–Crippen LogP) is 4.59. The summed E-state index contributed by atoms with van der Waals surface area (Å²) in [4.78, 5) is 16.6. The summed E-state index contributed by atoms with van der Waals surface area (Å²) in [5, 5.41) is 8.93. The Morgan fingerprint density at radius 3 is 2.47 bits per heavy atom. The highest BCUT2D eigenvalue weighted by Crippen LogP contribution is 2.35. The number of aromatic nitrogens is 1. The van der Waals surface area contributed by atoms with Crippen LogP contribution in [-0.2, 0) is 0 Å². The minimum atomic E-state index is -4.79. The molecule has 0 saturated carbocycles. The van der Waals surface area contributed by atoms with Gasteiger partial charge < -0.3 is 21.5 Å². The highest BCUT2D eigenvalue weighted by Gasteiger charge is 2.39. The van der Waals surface area contributed by atoms with E-state index in [1.165, 1.54) is 19.1 Å². The van der Waals surface area contributed by atoms with Crippen LogP contribution in [0.25, 0.3) is 11.3 Å². The third-order valence-corrected chi connectivity index (χ3v) is 4.55. The summed E-state index contributed by atoms with van der Waals surface area (Å²) in [5.41, 5.74) is 9.65. The molecule has 0 aliphatic heterocycles. The highest BCUT2D eigenvalue weighted by molar-refractivity contribution is 6.68. The normalized spacial score (nSPS) is 13.2. The molecule has 1 atom stereocenters. The van der Waals surface area contributed by atoms with E-state index in [0.717, 1.165) is 6.07 Å². The van der Waals surface area contributed by atoms with Crippen LogP contribution in [0.2, 0.25) is 5.02 Å². The van der Waals surface area contributed by atoms with Crippen molar-refractivity contribution >= 4 is 40.1 Å². The van der Waals surface area contributed by atoms with Crippen LogP contribution in [0, 0.1) is 11.2 Å². The Balaban J connectivity index is 2.66. The van der Waals surface area contributed by atoms with E-state index in [-0.39, 0.29) is 33.5 Å². The second-order valence-corrected chi connectivity index (χ2v) is 7.31. The molecule has 1 amide bonds. The Morgan fingerprint density at radius 1 is 1.31 bits per heavy atom. The van der Waals surface area contributed by atoms with Gasteiger partial charge in [-0.05, 0) is 38.1 Å². The highest BCUT2D eigenvalue weighted by atomic mass is 35.5. The van der Waals surface area contributed by atoms with Gasteiger partial charge in [-0.15, -0.1) is 0 Å². The molecule has 0 unspecified atom stereocenters. The molecule has 0 radical (unpaired) electrons. The van der Waals surface area contributed by atoms with E-state index < -0.39 is 40.5 Å². The number of carbonyl (C=O) groups is 1. The van der Waals surface area contributed by atoms with Crippen molar-refractivity contribution < 1.29 is 27.1 Å². The Kier molecular flexibility index (Phi) is 7.58. The summed E-state index contributed by atoms with van der Waals surface area (Å²) in [6.07, 6.45) is -7.14. The zero-order valence-corrected chi connectivity index (χ0v) is 18.1. The monoisotopic (exact) mass is 493 g/mol. The lowest BCUT2D eigenvalue weighted by Gasteiger charge is -2.21. The largest absolute Gasteiger partial charge is 0.480 e. The number of halogens is 6.